The average Bonchev–Trinajstić information content (AvgIpc) is 2.43. The summed E-state index contributed by atoms with van der Waals surface area (Å²) in [6.07, 6.45) is 0. The van der Waals surface area contributed by atoms with Crippen molar-refractivity contribution in [1.29, 1.82) is 0 Å². The van der Waals surface area contributed by atoms with E-state index in [1.54, 1.807) is 10.6 Å². The summed E-state index contributed by atoms with van der Waals surface area (Å²) >= 11 is 4.91. The SMILES string of the molecule is Cc1nc2nc(=S)cc(CO)n2[nH]1. The Bertz CT molecular complexity index is 501. The van der Waals surface area contributed by atoms with Crippen molar-refractivity contribution < 1.29 is 5.11 Å². The number of aliphatic hydroxyl groups is 1. The molecule has 0 saturated heterocycles. The zero-order valence-electron chi connectivity index (χ0n) is 6.98. The third-order valence-electron chi connectivity index (χ3n) is 1.69. The standard InChI is InChI=1S/C7H8N4OS/c1-4-8-7-9-6(13)2-5(3-12)11(7)10-4/h2,12H,3H2,1H3,(H,8,9,10,13). The van der Waals surface area contributed by atoms with E-state index < -0.39 is 0 Å². The van der Waals surface area contributed by atoms with Crippen LogP contribution in [0.2, 0.25) is 0 Å². The molecule has 0 aliphatic heterocycles. The van der Waals surface area contributed by atoms with E-state index in [9.17, 15) is 0 Å². The van der Waals surface area contributed by atoms with Crippen LogP contribution in [0.4, 0.5) is 0 Å². The fraction of sp³-hybridized carbons (Fsp3) is 0.286. The largest absolute Gasteiger partial charge is 0.390 e. The predicted octanol–water partition coefficient (Wildman–Crippen LogP) is 0.588. The molecule has 6 heteroatoms. The molecule has 0 amide bonds. The molecule has 2 aromatic rings. The van der Waals surface area contributed by atoms with E-state index >= 15 is 0 Å². The average molecular weight is 196 g/mol. The molecule has 2 N–H and O–H groups in total. The Morgan fingerprint density at radius 3 is 3.08 bits per heavy atom. The fourth-order valence-electron chi connectivity index (χ4n) is 1.17. The van der Waals surface area contributed by atoms with Crippen LogP contribution in [0.3, 0.4) is 0 Å². The quantitative estimate of drug-likeness (QED) is 0.655. The first-order valence-electron chi connectivity index (χ1n) is 3.77. The zero-order valence-corrected chi connectivity index (χ0v) is 7.80. The number of nitrogens with zero attached hydrogens (tertiary/aromatic N) is 3. The molecule has 2 rings (SSSR count). The van der Waals surface area contributed by atoms with Gasteiger partial charge in [-0.15, -0.1) is 0 Å². The van der Waals surface area contributed by atoms with Gasteiger partial charge in [0.25, 0.3) is 5.78 Å². The van der Waals surface area contributed by atoms with Crippen molar-refractivity contribution in [2.75, 3.05) is 0 Å². The van der Waals surface area contributed by atoms with Crippen LogP contribution in [0.1, 0.15) is 11.5 Å². The molecule has 68 valence electrons. The third-order valence-corrected chi connectivity index (χ3v) is 1.90. The number of rotatable bonds is 1. The number of nitrogens with one attached hydrogen (secondary N) is 1. The number of hydrogen-bond donors (Lipinski definition) is 2. The number of hydrogen-bond acceptors (Lipinski definition) is 4. The number of aryl methyl sites for hydroxylation is 1. The van der Waals surface area contributed by atoms with Gasteiger partial charge >= 0.3 is 0 Å². The minimum absolute atomic E-state index is 0.0883. The first-order valence-corrected chi connectivity index (χ1v) is 4.17. The molecule has 0 bridgehead atoms. The lowest BCUT2D eigenvalue weighted by molar-refractivity contribution is 0.273. The van der Waals surface area contributed by atoms with Gasteiger partial charge in [-0.25, -0.2) is 4.52 Å². The van der Waals surface area contributed by atoms with Crippen LogP contribution < -0.4 is 0 Å². The molecule has 5 nitrogen and oxygen atoms in total. The molecule has 0 aliphatic carbocycles. The zero-order chi connectivity index (χ0) is 9.42. The van der Waals surface area contributed by atoms with E-state index in [-0.39, 0.29) is 6.61 Å². The van der Waals surface area contributed by atoms with Gasteiger partial charge in [-0.1, -0.05) is 12.2 Å². The number of fused-ring (bicyclic) bond motifs is 1. The minimum atomic E-state index is -0.0883. The molecular formula is C7H8N4OS. The van der Waals surface area contributed by atoms with Crippen LogP contribution in [0, 0.1) is 11.6 Å². The highest BCUT2D eigenvalue weighted by Gasteiger charge is 2.03. The molecule has 0 atom stereocenters. The third kappa shape index (κ3) is 1.34. The maximum atomic E-state index is 9.03. The van der Waals surface area contributed by atoms with Crippen molar-refractivity contribution in [2.24, 2.45) is 0 Å². The van der Waals surface area contributed by atoms with Gasteiger partial charge in [0.2, 0.25) is 0 Å². The van der Waals surface area contributed by atoms with E-state index in [2.05, 4.69) is 15.1 Å². The molecule has 0 unspecified atom stereocenters. The van der Waals surface area contributed by atoms with Crippen molar-refractivity contribution >= 4 is 18.0 Å². The molecule has 0 fully saturated rings. The summed E-state index contributed by atoms with van der Waals surface area (Å²) in [7, 11) is 0. The summed E-state index contributed by atoms with van der Waals surface area (Å²) in [6.45, 7) is 1.73. The normalized spacial score (nSPS) is 10.9. The van der Waals surface area contributed by atoms with Gasteiger partial charge in [0.15, 0.2) is 0 Å². The summed E-state index contributed by atoms with van der Waals surface area (Å²) < 4.78 is 2.06. The van der Waals surface area contributed by atoms with Gasteiger partial charge in [-0.05, 0) is 13.0 Å². The van der Waals surface area contributed by atoms with Gasteiger partial charge in [0.05, 0.1) is 12.3 Å². The second-order valence-electron chi connectivity index (χ2n) is 2.69. The van der Waals surface area contributed by atoms with Crippen LogP contribution in [0.5, 0.6) is 0 Å². The highest BCUT2D eigenvalue weighted by Crippen LogP contribution is 2.03. The molecule has 13 heavy (non-hydrogen) atoms. The smallest absolute Gasteiger partial charge is 0.252 e. The van der Waals surface area contributed by atoms with Crippen molar-refractivity contribution in [3.8, 4) is 0 Å². The monoisotopic (exact) mass is 196 g/mol. The number of H-pyrrole nitrogens is 1. The second kappa shape index (κ2) is 2.90. The molecule has 0 aliphatic rings. The van der Waals surface area contributed by atoms with Gasteiger partial charge in [0.1, 0.15) is 10.5 Å². The van der Waals surface area contributed by atoms with E-state index in [0.717, 1.165) is 5.82 Å². The van der Waals surface area contributed by atoms with E-state index in [0.29, 0.717) is 16.1 Å². The van der Waals surface area contributed by atoms with Crippen LogP contribution >= 0.6 is 12.2 Å². The molecule has 2 heterocycles. The summed E-state index contributed by atoms with van der Waals surface area (Å²) in [5.74, 6) is 1.23. The summed E-state index contributed by atoms with van der Waals surface area (Å²) in [4.78, 5) is 8.13. The van der Waals surface area contributed by atoms with Crippen molar-refractivity contribution in [1.82, 2.24) is 19.6 Å². The lowest BCUT2D eigenvalue weighted by Gasteiger charge is -1.98. The van der Waals surface area contributed by atoms with Crippen LogP contribution in [0.25, 0.3) is 5.78 Å². The predicted molar refractivity (Wildman–Crippen MR) is 48.8 cm³/mol. The summed E-state index contributed by atoms with van der Waals surface area (Å²) in [5.41, 5.74) is 0.663. The fourth-order valence-corrected chi connectivity index (χ4v) is 1.38. The lowest BCUT2D eigenvalue weighted by atomic mass is 10.4. The highest BCUT2D eigenvalue weighted by molar-refractivity contribution is 7.71. The Hall–Kier alpha value is -1.27. The number of aromatic nitrogens is 4. The van der Waals surface area contributed by atoms with Gasteiger partial charge in [-0.3, -0.25) is 5.10 Å². The number of aromatic amines is 1. The highest BCUT2D eigenvalue weighted by atomic mass is 32.1. The van der Waals surface area contributed by atoms with Crippen LogP contribution in [-0.2, 0) is 6.61 Å². The lowest BCUT2D eigenvalue weighted by Crippen LogP contribution is -2.00. The Labute approximate surface area is 79.1 Å². The maximum Gasteiger partial charge on any atom is 0.252 e. The van der Waals surface area contributed by atoms with Crippen molar-refractivity contribution in [3.63, 3.8) is 0 Å². The van der Waals surface area contributed by atoms with Crippen LogP contribution in [-0.4, -0.2) is 24.7 Å². The summed E-state index contributed by atoms with van der Waals surface area (Å²) in [5, 5.41) is 12.0. The van der Waals surface area contributed by atoms with Gasteiger partial charge < -0.3 is 5.11 Å². The van der Waals surface area contributed by atoms with E-state index in [1.807, 2.05) is 6.92 Å². The Kier molecular flexibility index (Phi) is 1.86. The Morgan fingerprint density at radius 1 is 1.62 bits per heavy atom. The molecular weight excluding hydrogens is 188 g/mol. The number of aliphatic hydroxyl groups excluding tert-OH is 1. The first kappa shape index (κ1) is 8.33. The van der Waals surface area contributed by atoms with E-state index in [4.69, 9.17) is 17.3 Å². The van der Waals surface area contributed by atoms with Gasteiger partial charge in [-0.2, -0.15) is 9.97 Å². The molecule has 2 aromatic heterocycles. The molecule has 0 saturated carbocycles. The Morgan fingerprint density at radius 2 is 2.38 bits per heavy atom. The summed E-state index contributed by atoms with van der Waals surface area (Å²) in [6, 6.07) is 1.64. The minimum Gasteiger partial charge on any atom is -0.390 e. The topological polar surface area (TPSA) is 66.2 Å². The van der Waals surface area contributed by atoms with Crippen molar-refractivity contribution in [2.45, 2.75) is 13.5 Å². The molecule has 0 spiro atoms. The van der Waals surface area contributed by atoms with Gasteiger partial charge in [0, 0.05) is 0 Å². The second-order valence-corrected chi connectivity index (χ2v) is 3.11. The molecule has 0 radical (unpaired) electrons. The maximum absolute atomic E-state index is 9.03. The van der Waals surface area contributed by atoms with Crippen LogP contribution in [0.15, 0.2) is 6.07 Å². The molecule has 0 aromatic carbocycles. The van der Waals surface area contributed by atoms with E-state index in [1.165, 1.54) is 0 Å². The first-order chi connectivity index (χ1) is 6.20. The van der Waals surface area contributed by atoms with Crippen molar-refractivity contribution in [3.05, 3.63) is 22.2 Å². The Balaban J connectivity index is 2.88.